The van der Waals surface area contributed by atoms with E-state index in [2.05, 4.69) is 25.7 Å². The van der Waals surface area contributed by atoms with Crippen LogP contribution >= 0.6 is 0 Å². The lowest BCUT2D eigenvalue weighted by atomic mass is 9.94. The smallest absolute Gasteiger partial charge is 0.251 e. The minimum atomic E-state index is -3.74. The minimum absolute atomic E-state index is 0.0301. The lowest BCUT2D eigenvalue weighted by molar-refractivity contribution is 0.0957. The van der Waals surface area contributed by atoms with Gasteiger partial charge in [0.05, 0.1) is 7.11 Å². The van der Waals surface area contributed by atoms with Gasteiger partial charge in [-0.05, 0) is 36.5 Å². The van der Waals surface area contributed by atoms with E-state index in [0.717, 1.165) is 6.42 Å². The molecule has 0 radical (unpaired) electrons. The SMILES string of the molecule is C=CCNC(=O)c1ccc(OC)c(S(=O)(=O)N2CC(C)CC(C)C2)c1. The standard InChI is InChI=1S/C18H26N2O4S/c1-5-8-19-18(21)15-6-7-16(24-4)17(10-15)25(22,23)20-11-13(2)9-14(3)12-20/h5-7,10,13-14H,1,8-9,11-12H2,2-4H3,(H,19,21). The Bertz CT molecular complexity index is 735. The molecule has 6 nitrogen and oxygen atoms in total. The second-order valence-electron chi connectivity index (χ2n) is 6.63. The Morgan fingerprint density at radius 3 is 2.56 bits per heavy atom. The number of methoxy groups -OCH3 is 1. The van der Waals surface area contributed by atoms with Crippen molar-refractivity contribution >= 4 is 15.9 Å². The quantitative estimate of drug-likeness (QED) is 0.784. The molecule has 1 aliphatic heterocycles. The number of amides is 1. The molecule has 1 saturated heterocycles. The highest BCUT2D eigenvalue weighted by molar-refractivity contribution is 7.89. The summed E-state index contributed by atoms with van der Waals surface area (Å²) in [6.45, 7) is 8.91. The van der Waals surface area contributed by atoms with E-state index in [-0.39, 0.29) is 22.1 Å². The number of carbonyl (C=O) groups excluding carboxylic acids is 1. The first-order valence-electron chi connectivity index (χ1n) is 8.36. The molecule has 0 aromatic heterocycles. The van der Waals surface area contributed by atoms with Gasteiger partial charge in [-0.25, -0.2) is 8.42 Å². The monoisotopic (exact) mass is 366 g/mol. The van der Waals surface area contributed by atoms with Crippen molar-refractivity contribution in [3.05, 3.63) is 36.4 Å². The van der Waals surface area contributed by atoms with Crippen LogP contribution in [0.25, 0.3) is 0 Å². The van der Waals surface area contributed by atoms with E-state index in [0.29, 0.717) is 31.5 Å². The van der Waals surface area contributed by atoms with Crippen molar-refractivity contribution in [1.29, 1.82) is 0 Å². The maximum absolute atomic E-state index is 13.1. The van der Waals surface area contributed by atoms with Gasteiger partial charge < -0.3 is 10.1 Å². The molecule has 1 amide bonds. The molecule has 25 heavy (non-hydrogen) atoms. The molecule has 2 rings (SSSR count). The van der Waals surface area contributed by atoms with Crippen molar-refractivity contribution in [3.63, 3.8) is 0 Å². The second-order valence-corrected chi connectivity index (χ2v) is 8.54. The first-order chi connectivity index (χ1) is 11.8. The Morgan fingerprint density at radius 2 is 2.00 bits per heavy atom. The van der Waals surface area contributed by atoms with E-state index in [1.54, 1.807) is 12.1 Å². The van der Waals surface area contributed by atoms with Crippen LogP contribution < -0.4 is 10.1 Å². The van der Waals surface area contributed by atoms with Crippen LogP contribution in [-0.2, 0) is 10.0 Å². The normalized spacial score (nSPS) is 21.6. The van der Waals surface area contributed by atoms with Crippen molar-refractivity contribution in [2.24, 2.45) is 11.8 Å². The predicted molar refractivity (Wildman–Crippen MR) is 97.2 cm³/mol. The molecule has 1 heterocycles. The molecular weight excluding hydrogens is 340 g/mol. The van der Waals surface area contributed by atoms with Crippen molar-refractivity contribution in [2.75, 3.05) is 26.7 Å². The number of carbonyl (C=O) groups is 1. The van der Waals surface area contributed by atoms with Gasteiger partial charge in [-0.3, -0.25) is 4.79 Å². The molecule has 0 saturated carbocycles. The Labute approximate surface area is 149 Å². The molecule has 0 spiro atoms. The zero-order valence-corrected chi connectivity index (χ0v) is 15.8. The summed E-state index contributed by atoms with van der Waals surface area (Å²) in [6, 6.07) is 4.46. The summed E-state index contributed by atoms with van der Waals surface area (Å²) in [5, 5.41) is 2.65. The van der Waals surface area contributed by atoms with E-state index >= 15 is 0 Å². The minimum Gasteiger partial charge on any atom is -0.495 e. The highest BCUT2D eigenvalue weighted by Gasteiger charge is 2.34. The third-order valence-electron chi connectivity index (χ3n) is 4.29. The summed E-state index contributed by atoms with van der Waals surface area (Å²) in [5.41, 5.74) is 0.277. The zero-order valence-electron chi connectivity index (χ0n) is 15.0. The fraction of sp³-hybridized carbons (Fsp3) is 0.500. The maximum Gasteiger partial charge on any atom is 0.251 e. The number of nitrogens with zero attached hydrogens (tertiary/aromatic N) is 1. The Morgan fingerprint density at radius 1 is 1.36 bits per heavy atom. The summed E-state index contributed by atoms with van der Waals surface area (Å²) < 4.78 is 33.0. The van der Waals surface area contributed by atoms with Gasteiger partial charge in [-0.15, -0.1) is 6.58 Å². The van der Waals surface area contributed by atoms with Crippen molar-refractivity contribution in [2.45, 2.75) is 25.2 Å². The summed E-state index contributed by atoms with van der Waals surface area (Å²) in [4.78, 5) is 12.2. The largest absolute Gasteiger partial charge is 0.495 e. The van der Waals surface area contributed by atoms with Crippen LogP contribution in [0.3, 0.4) is 0 Å². The first-order valence-corrected chi connectivity index (χ1v) is 9.80. The van der Waals surface area contributed by atoms with Gasteiger partial charge in [0.15, 0.2) is 0 Å². The van der Waals surface area contributed by atoms with Crippen molar-refractivity contribution in [1.82, 2.24) is 9.62 Å². The lowest BCUT2D eigenvalue weighted by Crippen LogP contribution is -2.42. The lowest BCUT2D eigenvalue weighted by Gasteiger charge is -2.34. The summed E-state index contributed by atoms with van der Waals surface area (Å²) in [7, 11) is -2.32. The van der Waals surface area contributed by atoms with Crippen LogP contribution in [0, 0.1) is 11.8 Å². The van der Waals surface area contributed by atoms with Gasteiger partial charge in [0, 0.05) is 25.2 Å². The first kappa shape index (κ1) is 19.5. The van der Waals surface area contributed by atoms with Gasteiger partial charge in [0.25, 0.3) is 5.91 Å². The Kier molecular flexibility index (Phi) is 6.24. The van der Waals surface area contributed by atoms with Gasteiger partial charge in [0.1, 0.15) is 10.6 Å². The van der Waals surface area contributed by atoms with Gasteiger partial charge in [-0.2, -0.15) is 4.31 Å². The fourth-order valence-electron chi connectivity index (χ4n) is 3.23. The molecule has 138 valence electrons. The number of nitrogens with one attached hydrogen (secondary N) is 1. The zero-order chi connectivity index (χ0) is 18.6. The Hall–Kier alpha value is -1.86. The number of sulfonamides is 1. The molecule has 0 bridgehead atoms. The second kappa shape index (κ2) is 8.01. The summed E-state index contributed by atoms with van der Waals surface area (Å²) >= 11 is 0. The van der Waals surface area contributed by atoms with E-state index in [1.165, 1.54) is 23.5 Å². The van der Waals surface area contributed by atoms with Crippen LogP contribution in [-0.4, -0.2) is 45.4 Å². The average Bonchev–Trinajstić information content (AvgIpc) is 2.58. The molecule has 1 aromatic carbocycles. The number of hydrogen-bond acceptors (Lipinski definition) is 4. The van der Waals surface area contributed by atoms with Crippen molar-refractivity contribution < 1.29 is 17.9 Å². The maximum atomic E-state index is 13.1. The van der Waals surface area contributed by atoms with Gasteiger partial charge >= 0.3 is 0 Å². The van der Waals surface area contributed by atoms with E-state index in [4.69, 9.17) is 4.74 Å². The molecule has 1 aliphatic rings. The van der Waals surface area contributed by atoms with Gasteiger partial charge in [0.2, 0.25) is 10.0 Å². The number of hydrogen-bond donors (Lipinski definition) is 1. The summed E-state index contributed by atoms with van der Waals surface area (Å²) in [5.74, 6) is 0.484. The topological polar surface area (TPSA) is 75.7 Å². The van der Waals surface area contributed by atoms with Crippen LogP contribution in [0.4, 0.5) is 0 Å². The molecule has 2 unspecified atom stereocenters. The van der Waals surface area contributed by atoms with E-state index in [1.807, 2.05) is 0 Å². The highest BCUT2D eigenvalue weighted by atomic mass is 32.2. The van der Waals surface area contributed by atoms with Crippen LogP contribution in [0.1, 0.15) is 30.6 Å². The third-order valence-corrected chi connectivity index (χ3v) is 6.14. The third kappa shape index (κ3) is 4.41. The number of piperidine rings is 1. The highest BCUT2D eigenvalue weighted by Crippen LogP contribution is 2.32. The number of ether oxygens (including phenoxy) is 1. The van der Waals surface area contributed by atoms with Crippen LogP contribution in [0.2, 0.25) is 0 Å². The van der Waals surface area contributed by atoms with Crippen LogP contribution in [0.15, 0.2) is 35.7 Å². The summed E-state index contributed by atoms with van der Waals surface area (Å²) in [6.07, 6.45) is 2.57. The molecule has 7 heteroatoms. The molecule has 1 fully saturated rings. The molecule has 0 aliphatic carbocycles. The number of rotatable bonds is 6. The average molecular weight is 366 g/mol. The van der Waals surface area contributed by atoms with E-state index in [9.17, 15) is 13.2 Å². The molecular formula is C18H26N2O4S. The van der Waals surface area contributed by atoms with E-state index < -0.39 is 10.0 Å². The molecule has 1 N–H and O–H groups in total. The predicted octanol–water partition coefficient (Wildman–Crippen LogP) is 2.28. The fourth-order valence-corrected chi connectivity index (χ4v) is 5.09. The molecule has 1 aromatic rings. The van der Waals surface area contributed by atoms with Crippen LogP contribution in [0.5, 0.6) is 5.75 Å². The number of benzene rings is 1. The van der Waals surface area contributed by atoms with Crippen molar-refractivity contribution in [3.8, 4) is 5.75 Å². The van der Waals surface area contributed by atoms with Gasteiger partial charge in [-0.1, -0.05) is 19.9 Å². The molecule has 2 atom stereocenters. The Balaban J connectivity index is 2.41.